The van der Waals surface area contributed by atoms with E-state index in [0.29, 0.717) is 18.1 Å². The van der Waals surface area contributed by atoms with Crippen LogP contribution in [0.1, 0.15) is 11.1 Å². The molecule has 0 aliphatic rings. The Kier molecular flexibility index (Phi) is 6.12. The van der Waals surface area contributed by atoms with Crippen molar-refractivity contribution in [2.45, 2.75) is 6.61 Å². The number of nitrogens with one attached hydrogen (secondary N) is 2. The number of aromatic amines is 1. The maximum absolute atomic E-state index is 12.6. The van der Waals surface area contributed by atoms with Gasteiger partial charge in [-0.05, 0) is 54.1 Å². The second kappa shape index (κ2) is 9.83. The van der Waals surface area contributed by atoms with Crippen molar-refractivity contribution in [1.82, 2.24) is 15.0 Å². The Hall–Kier alpha value is -4.71. The van der Waals surface area contributed by atoms with Gasteiger partial charge in [-0.15, -0.1) is 0 Å². The number of carbonyl (C=O) groups is 1. The number of imidazole rings is 1. The second-order valence-corrected chi connectivity index (χ2v) is 7.69. The van der Waals surface area contributed by atoms with Crippen molar-refractivity contribution in [1.29, 1.82) is 0 Å². The first-order valence-electron chi connectivity index (χ1n) is 10.9. The summed E-state index contributed by atoms with van der Waals surface area (Å²) < 4.78 is 5.78. The number of fused-ring (bicyclic) bond motifs is 1. The summed E-state index contributed by atoms with van der Waals surface area (Å²) in [6.07, 6.45) is 6.80. The van der Waals surface area contributed by atoms with E-state index < -0.39 is 0 Å². The largest absolute Gasteiger partial charge is 0.489 e. The molecule has 5 rings (SSSR count). The first-order chi connectivity index (χ1) is 16.7. The van der Waals surface area contributed by atoms with E-state index in [1.807, 2.05) is 84.9 Å². The quantitative estimate of drug-likeness (QED) is 0.307. The summed E-state index contributed by atoms with van der Waals surface area (Å²) in [7, 11) is 0. The van der Waals surface area contributed by atoms with Crippen molar-refractivity contribution in [3.63, 3.8) is 0 Å². The molecule has 6 nitrogen and oxygen atoms in total. The number of anilines is 1. The molecule has 2 heterocycles. The predicted octanol–water partition coefficient (Wildman–Crippen LogP) is 5.86. The lowest BCUT2D eigenvalue weighted by Crippen LogP contribution is -2.08. The molecular weight excluding hydrogens is 424 g/mol. The fraction of sp³-hybridized carbons (Fsp3) is 0.0357. The van der Waals surface area contributed by atoms with Gasteiger partial charge in [0, 0.05) is 29.6 Å². The summed E-state index contributed by atoms with van der Waals surface area (Å²) in [4.78, 5) is 24.7. The third-order valence-electron chi connectivity index (χ3n) is 5.26. The number of aromatic nitrogens is 3. The molecule has 1 amide bonds. The molecule has 6 heteroatoms. The summed E-state index contributed by atoms with van der Waals surface area (Å²) in [6, 6.07) is 26.9. The normalized spacial score (nSPS) is 11.1. The zero-order chi connectivity index (χ0) is 23.2. The predicted molar refractivity (Wildman–Crippen MR) is 134 cm³/mol. The van der Waals surface area contributed by atoms with Crippen LogP contribution in [0.4, 0.5) is 5.69 Å². The van der Waals surface area contributed by atoms with Crippen LogP contribution in [0.3, 0.4) is 0 Å². The zero-order valence-electron chi connectivity index (χ0n) is 18.3. The zero-order valence-corrected chi connectivity index (χ0v) is 18.3. The van der Waals surface area contributed by atoms with Gasteiger partial charge in [0.25, 0.3) is 0 Å². The lowest BCUT2D eigenvalue weighted by molar-refractivity contribution is -0.111. The number of hydrogen-bond acceptors (Lipinski definition) is 4. The molecule has 0 atom stereocenters. The maximum Gasteiger partial charge on any atom is 0.248 e. The molecule has 34 heavy (non-hydrogen) atoms. The molecule has 0 radical (unpaired) electrons. The molecule has 0 unspecified atom stereocenters. The summed E-state index contributed by atoms with van der Waals surface area (Å²) in [5.74, 6) is 1.24. The fourth-order valence-corrected chi connectivity index (χ4v) is 3.55. The highest BCUT2D eigenvalue weighted by molar-refractivity contribution is 6.04. The Morgan fingerprint density at radius 3 is 2.59 bits per heavy atom. The molecule has 0 aliphatic carbocycles. The van der Waals surface area contributed by atoms with Gasteiger partial charge in [0.15, 0.2) is 0 Å². The summed E-state index contributed by atoms with van der Waals surface area (Å²) in [5.41, 5.74) is 5.25. The number of hydrogen-bond donors (Lipinski definition) is 2. The van der Waals surface area contributed by atoms with Crippen LogP contribution in [0.25, 0.3) is 28.5 Å². The molecular formula is C28H22N4O2. The number of benzene rings is 3. The summed E-state index contributed by atoms with van der Waals surface area (Å²) in [5, 5.41) is 2.96. The summed E-state index contributed by atoms with van der Waals surface area (Å²) in [6.45, 7) is 0.454. The summed E-state index contributed by atoms with van der Waals surface area (Å²) >= 11 is 0. The molecule has 0 saturated carbocycles. The van der Waals surface area contributed by atoms with Crippen LogP contribution in [0.2, 0.25) is 0 Å². The lowest BCUT2D eigenvalue weighted by atomic mass is 10.1. The third kappa shape index (κ3) is 5.02. The van der Waals surface area contributed by atoms with Gasteiger partial charge in [0.1, 0.15) is 18.2 Å². The van der Waals surface area contributed by atoms with Gasteiger partial charge in [-0.2, -0.15) is 0 Å². The molecule has 2 N–H and O–H groups in total. The number of para-hydroxylation sites is 3. The van der Waals surface area contributed by atoms with Crippen LogP contribution >= 0.6 is 0 Å². The number of H-pyrrole nitrogens is 1. The van der Waals surface area contributed by atoms with Gasteiger partial charge < -0.3 is 15.0 Å². The Labute approximate surface area is 197 Å². The number of nitrogens with zero attached hydrogens (tertiary/aromatic N) is 2. The average Bonchev–Trinajstić information content (AvgIpc) is 3.32. The number of carbonyl (C=O) groups excluding carboxylic acids is 1. The van der Waals surface area contributed by atoms with Gasteiger partial charge >= 0.3 is 0 Å². The van der Waals surface area contributed by atoms with Crippen molar-refractivity contribution in [2.24, 2.45) is 0 Å². The first-order valence-corrected chi connectivity index (χ1v) is 10.9. The minimum Gasteiger partial charge on any atom is -0.489 e. The topological polar surface area (TPSA) is 79.9 Å². The number of pyridine rings is 1. The van der Waals surface area contributed by atoms with E-state index in [0.717, 1.165) is 33.5 Å². The Balaban J connectivity index is 1.23. The van der Waals surface area contributed by atoms with E-state index in [4.69, 9.17) is 4.74 Å². The molecule has 2 aromatic heterocycles. The fourth-order valence-electron chi connectivity index (χ4n) is 3.55. The Morgan fingerprint density at radius 2 is 1.76 bits per heavy atom. The van der Waals surface area contributed by atoms with E-state index in [2.05, 4.69) is 20.3 Å². The average molecular weight is 447 g/mol. The van der Waals surface area contributed by atoms with Gasteiger partial charge in [0.05, 0.1) is 16.7 Å². The number of rotatable bonds is 7. The van der Waals surface area contributed by atoms with Crippen molar-refractivity contribution in [2.75, 3.05) is 5.32 Å². The highest BCUT2D eigenvalue weighted by atomic mass is 16.5. The molecule has 0 saturated heterocycles. The minimum atomic E-state index is -0.222. The number of amides is 1. The first kappa shape index (κ1) is 21.2. The van der Waals surface area contributed by atoms with Gasteiger partial charge in [0.2, 0.25) is 5.91 Å². The van der Waals surface area contributed by atoms with Crippen LogP contribution in [0.15, 0.2) is 103 Å². The lowest BCUT2D eigenvalue weighted by Gasteiger charge is -2.08. The molecule has 0 fully saturated rings. The number of ether oxygens (including phenoxy) is 1. The van der Waals surface area contributed by atoms with E-state index in [-0.39, 0.29) is 5.91 Å². The van der Waals surface area contributed by atoms with Crippen molar-refractivity contribution in [3.05, 3.63) is 115 Å². The molecule has 0 bridgehead atoms. The van der Waals surface area contributed by atoms with Crippen LogP contribution in [0.5, 0.6) is 5.75 Å². The van der Waals surface area contributed by atoms with E-state index in [9.17, 15) is 4.79 Å². The molecule has 3 aromatic carbocycles. The second-order valence-electron chi connectivity index (χ2n) is 7.69. The van der Waals surface area contributed by atoms with E-state index in [1.165, 1.54) is 6.08 Å². The maximum atomic E-state index is 12.6. The van der Waals surface area contributed by atoms with Crippen molar-refractivity contribution < 1.29 is 9.53 Å². The van der Waals surface area contributed by atoms with Crippen LogP contribution < -0.4 is 10.1 Å². The smallest absolute Gasteiger partial charge is 0.248 e. The van der Waals surface area contributed by atoms with Crippen LogP contribution in [-0.4, -0.2) is 20.9 Å². The third-order valence-corrected chi connectivity index (χ3v) is 5.26. The van der Waals surface area contributed by atoms with Crippen molar-refractivity contribution in [3.8, 4) is 17.1 Å². The van der Waals surface area contributed by atoms with Gasteiger partial charge in [-0.25, -0.2) is 4.98 Å². The highest BCUT2D eigenvalue weighted by Gasteiger charge is 2.10. The van der Waals surface area contributed by atoms with E-state index in [1.54, 1.807) is 18.5 Å². The molecule has 166 valence electrons. The molecule has 5 aromatic rings. The Morgan fingerprint density at radius 1 is 0.941 bits per heavy atom. The monoisotopic (exact) mass is 446 g/mol. The molecule has 0 aliphatic heterocycles. The Bertz CT molecular complexity index is 1410. The SMILES string of the molecule is O=C(/C=C/c1ccc(OCc2cccnc2)cc1)Nc1ccccc1-c1nc2ccccc2[nH]1. The highest BCUT2D eigenvalue weighted by Crippen LogP contribution is 2.27. The molecule has 0 spiro atoms. The van der Waals surface area contributed by atoms with Gasteiger partial charge in [-0.1, -0.05) is 42.5 Å². The minimum absolute atomic E-state index is 0.222. The van der Waals surface area contributed by atoms with E-state index >= 15 is 0 Å². The standard InChI is InChI=1S/C28H22N4O2/c33-27(16-13-20-11-14-22(15-12-20)34-19-21-6-5-17-29-18-21)30-24-8-2-1-7-23(24)28-31-25-9-3-4-10-26(25)32-28/h1-18H,19H2,(H,30,33)(H,31,32)/b16-13+. The van der Waals surface area contributed by atoms with Gasteiger partial charge in [-0.3, -0.25) is 9.78 Å². The van der Waals surface area contributed by atoms with Crippen LogP contribution in [0, 0.1) is 0 Å². The van der Waals surface area contributed by atoms with Crippen LogP contribution in [-0.2, 0) is 11.4 Å². The van der Waals surface area contributed by atoms with Crippen molar-refractivity contribution >= 4 is 28.7 Å².